The number of hydrogen-bond acceptors (Lipinski definition) is 9. The SMILES string of the molecule is COc1c(C)ccc2c1C[C@@H](C1CCNCC1)O[C@H]2CNC=O.Cc1ccc2c(c1OC(C)C)C[C@@H](C1CCNCC1)O[C@H]2CNC=O.O=C(O)c1ccc2ccccc2c1. The van der Waals surface area contributed by atoms with Crippen LogP contribution in [0.5, 0.6) is 11.5 Å². The molecule has 4 aromatic rings. The summed E-state index contributed by atoms with van der Waals surface area (Å²) in [4.78, 5) is 32.2. The Balaban J connectivity index is 0.000000160. The Labute approximate surface area is 360 Å². The summed E-state index contributed by atoms with van der Waals surface area (Å²) >= 11 is 0. The molecule has 328 valence electrons. The number of amides is 2. The Morgan fingerprint density at radius 3 is 1.70 bits per heavy atom. The van der Waals surface area contributed by atoms with Gasteiger partial charge in [-0.1, -0.05) is 54.6 Å². The van der Waals surface area contributed by atoms with Crippen LogP contribution in [0.3, 0.4) is 0 Å². The van der Waals surface area contributed by atoms with Gasteiger partial charge < -0.3 is 45.3 Å². The predicted molar refractivity (Wildman–Crippen MR) is 238 cm³/mol. The molecule has 8 rings (SSSR count). The maximum absolute atomic E-state index is 10.8. The van der Waals surface area contributed by atoms with Gasteiger partial charge in [-0.3, -0.25) is 9.59 Å². The zero-order valence-corrected chi connectivity index (χ0v) is 36.3. The molecule has 4 aliphatic heterocycles. The van der Waals surface area contributed by atoms with Gasteiger partial charge >= 0.3 is 5.97 Å². The Bertz CT molecular complexity index is 2080. The molecule has 4 aromatic carbocycles. The normalized spacial score (nSPS) is 21.3. The number of fused-ring (bicyclic) bond motifs is 3. The van der Waals surface area contributed by atoms with Crippen LogP contribution in [0.15, 0.2) is 66.7 Å². The second-order valence-electron chi connectivity index (χ2n) is 16.8. The second kappa shape index (κ2) is 22.2. The van der Waals surface area contributed by atoms with Gasteiger partial charge in [-0.15, -0.1) is 0 Å². The van der Waals surface area contributed by atoms with E-state index < -0.39 is 5.97 Å². The summed E-state index contributed by atoms with van der Waals surface area (Å²) < 4.78 is 24.7. The van der Waals surface area contributed by atoms with E-state index in [-0.39, 0.29) is 30.5 Å². The maximum Gasteiger partial charge on any atom is 0.335 e. The van der Waals surface area contributed by atoms with Crippen LogP contribution >= 0.6 is 0 Å². The molecule has 0 spiro atoms. The van der Waals surface area contributed by atoms with Crippen molar-refractivity contribution in [3.63, 3.8) is 0 Å². The molecule has 12 heteroatoms. The molecule has 4 aliphatic rings. The first kappa shape index (κ1) is 45.5. The molecule has 5 N–H and O–H groups in total. The van der Waals surface area contributed by atoms with Crippen LogP contribution in [-0.4, -0.2) is 88.6 Å². The predicted octanol–water partition coefficient (Wildman–Crippen LogP) is 6.78. The number of carboxylic acid groups (broad SMARTS) is 1. The number of methoxy groups -OCH3 is 1. The maximum atomic E-state index is 10.8. The summed E-state index contributed by atoms with van der Waals surface area (Å²) in [7, 11) is 1.73. The molecule has 0 unspecified atom stereocenters. The average molecular weight is 837 g/mol. The third-order valence-electron chi connectivity index (χ3n) is 12.3. The standard InChI is InChI=1S/C20H30N2O3.C18H26N2O3.C11H8O2/c1-13(2)24-20-14(3)4-5-16-17(20)10-18(15-6-8-21-9-7-15)25-19(16)11-22-12-23;1-12-3-4-14-15(18(12)22-2)9-16(13-5-7-19-8-6-13)23-17(14)10-20-11-21;12-11(13)10-6-5-8-3-1-2-4-9(8)7-10/h4-5,12-13,15,18-19,21H,6-11H2,1-3H3,(H,22,23);3-4,11,13,16-17,19H,5-10H2,1-2H3,(H,20,21);1-7H,(H,12,13)/t18-,19-;16-,17-;/m00./s1. The Hall–Kier alpha value is -5.01. The molecule has 2 fully saturated rings. The first-order chi connectivity index (χ1) is 29.6. The fourth-order valence-corrected chi connectivity index (χ4v) is 9.23. The first-order valence-corrected chi connectivity index (χ1v) is 21.9. The lowest BCUT2D eigenvalue weighted by molar-refractivity contribution is -0.112. The molecular weight excluding hydrogens is 773 g/mol. The number of benzene rings is 4. The molecule has 12 nitrogen and oxygen atoms in total. The van der Waals surface area contributed by atoms with E-state index in [1.54, 1.807) is 19.2 Å². The molecule has 0 aliphatic carbocycles. The van der Waals surface area contributed by atoms with Crippen LogP contribution in [-0.2, 0) is 31.9 Å². The molecule has 0 saturated carbocycles. The first-order valence-electron chi connectivity index (χ1n) is 21.9. The van der Waals surface area contributed by atoms with Crippen molar-refractivity contribution >= 4 is 29.6 Å². The molecule has 4 heterocycles. The van der Waals surface area contributed by atoms with Crippen molar-refractivity contribution in [1.29, 1.82) is 0 Å². The third-order valence-corrected chi connectivity index (χ3v) is 12.3. The van der Waals surface area contributed by atoms with Gasteiger partial charge in [0.2, 0.25) is 12.8 Å². The van der Waals surface area contributed by atoms with Crippen LogP contribution in [0.2, 0.25) is 0 Å². The number of carboxylic acids is 1. The molecule has 61 heavy (non-hydrogen) atoms. The van der Waals surface area contributed by atoms with Crippen LogP contribution in [0, 0.1) is 25.7 Å². The van der Waals surface area contributed by atoms with Crippen molar-refractivity contribution in [2.45, 2.75) is 96.7 Å². The summed E-state index contributed by atoms with van der Waals surface area (Å²) in [6.45, 7) is 13.5. The van der Waals surface area contributed by atoms with E-state index in [2.05, 4.69) is 73.2 Å². The summed E-state index contributed by atoms with van der Waals surface area (Å²) in [6.07, 6.45) is 8.13. The molecule has 0 aromatic heterocycles. The van der Waals surface area contributed by atoms with Crippen LogP contribution in [0.4, 0.5) is 0 Å². The lowest BCUT2D eigenvalue weighted by atomic mass is 9.83. The highest BCUT2D eigenvalue weighted by atomic mass is 16.5. The van der Waals surface area contributed by atoms with Crippen molar-refractivity contribution in [2.24, 2.45) is 11.8 Å². The van der Waals surface area contributed by atoms with Crippen molar-refractivity contribution in [2.75, 3.05) is 46.4 Å². The highest BCUT2D eigenvalue weighted by molar-refractivity contribution is 5.94. The minimum atomic E-state index is -0.884. The van der Waals surface area contributed by atoms with E-state index in [0.717, 1.165) is 116 Å². The lowest BCUT2D eigenvalue weighted by Crippen LogP contribution is -2.41. The number of aromatic carboxylic acids is 1. The largest absolute Gasteiger partial charge is 0.496 e. The van der Waals surface area contributed by atoms with E-state index >= 15 is 0 Å². The van der Waals surface area contributed by atoms with Gasteiger partial charge in [0, 0.05) is 37.1 Å². The molecule has 4 atom stereocenters. The smallest absolute Gasteiger partial charge is 0.335 e. The average Bonchev–Trinajstić information content (AvgIpc) is 3.28. The molecule has 2 saturated heterocycles. The summed E-state index contributed by atoms with van der Waals surface area (Å²) in [5.41, 5.74) is 7.47. The number of nitrogens with one attached hydrogen (secondary N) is 4. The lowest BCUT2D eigenvalue weighted by Gasteiger charge is -2.39. The molecule has 0 radical (unpaired) electrons. The zero-order valence-electron chi connectivity index (χ0n) is 36.3. The van der Waals surface area contributed by atoms with Gasteiger partial charge in [-0.05, 0) is 137 Å². The molecule has 0 bridgehead atoms. The number of hydrogen-bond donors (Lipinski definition) is 5. The third kappa shape index (κ3) is 11.7. The van der Waals surface area contributed by atoms with Crippen molar-refractivity contribution < 1.29 is 38.4 Å². The number of aryl methyl sites for hydroxylation is 2. The van der Waals surface area contributed by atoms with E-state index in [0.29, 0.717) is 30.5 Å². The van der Waals surface area contributed by atoms with Crippen LogP contribution in [0.1, 0.15) is 95.5 Å². The number of carbonyl (C=O) groups excluding carboxylic acids is 2. The zero-order chi connectivity index (χ0) is 43.3. The minimum absolute atomic E-state index is 0.0988. The Morgan fingerprint density at radius 2 is 1.23 bits per heavy atom. The number of carbonyl (C=O) groups is 3. The van der Waals surface area contributed by atoms with E-state index in [9.17, 15) is 14.4 Å². The van der Waals surface area contributed by atoms with Gasteiger partial charge in [0.1, 0.15) is 23.7 Å². The van der Waals surface area contributed by atoms with Gasteiger partial charge in [0.25, 0.3) is 0 Å². The van der Waals surface area contributed by atoms with Crippen molar-refractivity contribution in [3.8, 4) is 11.5 Å². The summed E-state index contributed by atoms with van der Waals surface area (Å²) in [6, 6.07) is 21.2. The van der Waals surface area contributed by atoms with E-state index in [1.165, 1.54) is 16.7 Å². The fourth-order valence-electron chi connectivity index (χ4n) is 9.23. The number of rotatable bonds is 12. The van der Waals surface area contributed by atoms with Crippen LogP contribution < -0.4 is 30.7 Å². The van der Waals surface area contributed by atoms with Gasteiger partial charge in [0.05, 0.1) is 31.0 Å². The quantitative estimate of drug-likeness (QED) is 0.0965. The monoisotopic (exact) mass is 836 g/mol. The fraction of sp³-hybridized carbons (Fsp3) is 0.490. The highest BCUT2D eigenvalue weighted by Crippen LogP contribution is 2.42. The molecular formula is C49H64N4O8. The van der Waals surface area contributed by atoms with Gasteiger partial charge in [-0.2, -0.15) is 0 Å². The number of piperidine rings is 2. The highest BCUT2D eigenvalue weighted by Gasteiger charge is 2.36. The number of ether oxygens (including phenoxy) is 4. The second-order valence-corrected chi connectivity index (χ2v) is 16.8. The Morgan fingerprint density at radius 1 is 0.738 bits per heavy atom. The van der Waals surface area contributed by atoms with E-state index in [1.807, 2.05) is 30.3 Å². The summed E-state index contributed by atoms with van der Waals surface area (Å²) in [5.74, 6) is 2.21. The van der Waals surface area contributed by atoms with Crippen molar-refractivity contribution in [3.05, 3.63) is 106 Å². The van der Waals surface area contributed by atoms with Gasteiger partial charge in [0.15, 0.2) is 0 Å². The van der Waals surface area contributed by atoms with Gasteiger partial charge in [-0.25, -0.2) is 4.79 Å². The topological polar surface area (TPSA) is 156 Å². The van der Waals surface area contributed by atoms with Crippen molar-refractivity contribution in [1.82, 2.24) is 21.3 Å². The van der Waals surface area contributed by atoms with E-state index in [4.69, 9.17) is 24.1 Å². The molecule has 2 amide bonds. The Kier molecular flexibility index (Phi) is 16.6. The van der Waals surface area contributed by atoms with Crippen LogP contribution in [0.25, 0.3) is 10.8 Å². The summed E-state index contributed by atoms with van der Waals surface area (Å²) in [5, 5.41) is 23.2. The minimum Gasteiger partial charge on any atom is -0.496 e.